The van der Waals surface area contributed by atoms with Gasteiger partial charge in [-0.1, -0.05) is 110 Å². The molecule has 0 saturated heterocycles. The highest BCUT2D eigenvalue weighted by Crippen LogP contribution is 2.52. The van der Waals surface area contributed by atoms with Crippen molar-refractivity contribution in [2.75, 3.05) is 9.80 Å². The van der Waals surface area contributed by atoms with Crippen molar-refractivity contribution in [2.45, 2.75) is 50.6 Å². The lowest BCUT2D eigenvalue weighted by Gasteiger charge is -2.38. The number of hydrogen-bond acceptors (Lipinski definition) is 5. The van der Waals surface area contributed by atoms with Gasteiger partial charge >= 0.3 is 0 Å². The Bertz CT molecular complexity index is 2310. The van der Waals surface area contributed by atoms with Crippen LogP contribution in [0, 0.1) is 34.0 Å². The monoisotopic (exact) mass is 661 g/mol. The maximum atomic E-state index is 10.6. The number of nitrogens with zero attached hydrogens (tertiary/aromatic N) is 4. The van der Waals surface area contributed by atoms with E-state index in [1.54, 1.807) is 12.1 Å². The molecule has 1 N–H and O–H groups in total. The summed E-state index contributed by atoms with van der Waals surface area (Å²) in [6.45, 7) is 6.54. The molecule has 0 radical (unpaired) electrons. The predicted octanol–water partition coefficient (Wildman–Crippen LogP) is 9.94. The first-order chi connectivity index (χ1) is 24.9. The van der Waals surface area contributed by atoms with Crippen LogP contribution in [-0.4, -0.2) is 17.8 Å². The molecule has 0 spiro atoms. The zero-order valence-corrected chi connectivity index (χ0v) is 29.1. The van der Waals surface area contributed by atoms with Gasteiger partial charge in [-0.2, -0.15) is 10.5 Å². The second-order valence-electron chi connectivity index (χ2n) is 14.0. The number of anilines is 2. The number of nitriles is 2. The molecule has 0 fully saturated rings. The molecule has 5 nitrogen and oxygen atoms in total. The summed E-state index contributed by atoms with van der Waals surface area (Å²) in [6, 6.07) is 25.6. The third-order valence-corrected chi connectivity index (χ3v) is 11.2. The number of rotatable bonds is 6. The first kappa shape index (κ1) is 32.1. The first-order valence-electron chi connectivity index (χ1n) is 17.7. The van der Waals surface area contributed by atoms with E-state index in [9.17, 15) is 15.9 Å². The van der Waals surface area contributed by atoms with Gasteiger partial charge in [-0.25, -0.2) is 0 Å². The Balaban J connectivity index is 1.26. The highest BCUT2D eigenvalue weighted by molar-refractivity contribution is 6.12. The summed E-state index contributed by atoms with van der Waals surface area (Å²) in [5.41, 5.74) is 9.79. The van der Waals surface area contributed by atoms with Crippen LogP contribution in [0.1, 0.15) is 66.5 Å². The highest BCUT2D eigenvalue weighted by Gasteiger charge is 2.47. The second kappa shape index (κ2) is 12.6. The number of allylic oxidation sites excluding steroid dienone is 10. The molecule has 0 bridgehead atoms. The molecular formula is C46H39N5. The van der Waals surface area contributed by atoms with Crippen molar-refractivity contribution in [2.24, 2.45) is 5.92 Å². The molecule has 8 rings (SSSR count). The molecule has 3 aromatic carbocycles. The van der Waals surface area contributed by atoms with Crippen LogP contribution in [0.2, 0.25) is 0 Å². The summed E-state index contributed by atoms with van der Waals surface area (Å²) in [5.74, 6) is 0.355. The lowest BCUT2D eigenvalue weighted by Crippen LogP contribution is -2.41. The van der Waals surface area contributed by atoms with Crippen LogP contribution in [0.15, 0.2) is 151 Å². The van der Waals surface area contributed by atoms with E-state index < -0.39 is 0 Å². The Morgan fingerprint density at radius 3 is 2.47 bits per heavy atom. The first-order valence-corrected chi connectivity index (χ1v) is 17.7. The standard InChI is InChI=1S/C46H39N5/c1-4-32(50-39-18-8-5-15-33(39)34-16-6-9-19-40(34)50)24-26-38(49)45-35(25-23-31(28-47)36(45)29-48)44-30(2)14-13-21-42(44)51-41-20-10-7-17-37(41)46(3)27-12-11-22-43(46)51/h4-13,15-27,30,33,39,43,49H,14H2,1-3H3/b26-24-,32-4+,49-38?. The van der Waals surface area contributed by atoms with Gasteiger partial charge in [0, 0.05) is 39.7 Å². The third-order valence-electron chi connectivity index (χ3n) is 11.2. The largest absolute Gasteiger partial charge is 0.334 e. The second-order valence-corrected chi connectivity index (χ2v) is 14.0. The van der Waals surface area contributed by atoms with Crippen LogP contribution >= 0.6 is 0 Å². The Morgan fingerprint density at radius 1 is 0.902 bits per heavy atom. The Morgan fingerprint density at radius 2 is 1.67 bits per heavy atom. The molecule has 3 aliphatic carbocycles. The molecule has 2 heterocycles. The molecule has 0 amide bonds. The summed E-state index contributed by atoms with van der Waals surface area (Å²) in [6.07, 6.45) is 28.7. The third kappa shape index (κ3) is 4.92. The number of nitrogens with one attached hydrogen (secondary N) is 1. The number of benzene rings is 3. The summed E-state index contributed by atoms with van der Waals surface area (Å²) >= 11 is 0. The van der Waals surface area contributed by atoms with Crippen molar-refractivity contribution in [3.8, 4) is 12.1 Å². The van der Waals surface area contributed by atoms with Gasteiger partial charge in [0.05, 0.1) is 28.9 Å². The van der Waals surface area contributed by atoms with Crippen LogP contribution in [0.4, 0.5) is 11.4 Å². The minimum Gasteiger partial charge on any atom is -0.334 e. The van der Waals surface area contributed by atoms with Crippen LogP contribution in [0.3, 0.4) is 0 Å². The number of fused-ring (bicyclic) bond motifs is 6. The molecule has 0 saturated carbocycles. The molecule has 5 atom stereocenters. The summed E-state index contributed by atoms with van der Waals surface area (Å²) in [5, 5.41) is 30.3. The van der Waals surface area contributed by atoms with E-state index in [1.165, 1.54) is 11.1 Å². The van der Waals surface area contributed by atoms with Crippen LogP contribution in [0.25, 0.3) is 5.57 Å². The maximum Gasteiger partial charge on any atom is 0.101 e. The number of hydrogen-bond donors (Lipinski definition) is 1. The zero-order chi connectivity index (χ0) is 35.3. The fourth-order valence-electron chi connectivity index (χ4n) is 8.83. The summed E-state index contributed by atoms with van der Waals surface area (Å²) in [7, 11) is 0. The smallest absolute Gasteiger partial charge is 0.101 e. The highest BCUT2D eigenvalue weighted by atomic mass is 15.2. The molecule has 51 heavy (non-hydrogen) atoms. The lowest BCUT2D eigenvalue weighted by atomic mass is 9.76. The molecule has 5 unspecified atom stereocenters. The van der Waals surface area contributed by atoms with Gasteiger partial charge in [0.2, 0.25) is 0 Å². The van der Waals surface area contributed by atoms with E-state index in [1.807, 2.05) is 19.1 Å². The average Bonchev–Trinajstić information content (AvgIpc) is 3.64. The van der Waals surface area contributed by atoms with Gasteiger partial charge in [-0.05, 0) is 84.9 Å². The van der Waals surface area contributed by atoms with E-state index >= 15 is 0 Å². The fourth-order valence-corrected chi connectivity index (χ4v) is 8.83. The van der Waals surface area contributed by atoms with Crippen molar-refractivity contribution in [3.05, 3.63) is 184 Å². The lowest BCUT2D eigenvalue weighted by molar-refractivity contribution is 0.543. The van der Waals surface area contributed by atoms with E-state index in [4.69, 9.17) is 0 Å². The Hall–Kier alpha value is -6.17. The van der Waals surface area contributed by atoms with Crippen molar-refractivity contribution in [1.29, 1.82) is 15.9 Å². The van der Waals surface area contributed by atoms with Crippen molar-refractivity contribution < 1.29 is 0 Å². The molecule has 0 aromatic heterocycles. The maximum absolute atomic E-state index is 10.6. The van der Waals surface area contributed by atoms with Crippen molar-refractivity contribution in [3.63, 3.8) is 0 Å². The van der Waals surface area contributed by atoms with Gasteiger partial charge in [0.15, 0.2) is 0 Å². The molecule has 3 aromatic rings. The number of para-hydroxylation sites is 2. The molecule has 5 heteroatoms. The van der Waals surface area contributed by atoms with Gasteiger partial charge < -0.3 is 15.2 Å². The van der Waals surface area contributed by atoms with E-state index in [0.717, 1.165) is 40.3 Å². The summed E-state index contributed by atoms with van der Waals surface area (Å²) in [4.78, 5) is 4.78. The molecular weight excluding hydrogens is 623 g/mol. The van der Waals surface area contributed by atoms with Crippen molar-refractivity contribution in [1.82, 2.24) is 0 Å². The quantitative estimate of drug-likeness (QED) is 0.211. The van der Waals surface area contributed by atoms with Gasteiger partial charge in [0.25, 0.3) is 0 Å². The van der Waals surface area contributed by atoms with Crippen LogP contribution < -0.4 is 9.80 Å². The van der Waals surface area contributed by atoms with Crippen LogP contribution in [0.5, 0.6) is 0 Å². The topological polar surface area (TPSA) is 77.9 Å². The van der Waals surface area contributed by atoms with Crippen LogP contribution in [-0.2, 0) is 5.41 Å². The van der Waals surface area contributed by atoms with E-state index in [-0.39, 0.29) is 46.2 Å². The average molecular weight is 662 g/mol. The van der Waals surface area contributed by atoms with Gasteiger partial charge in [0.1, 0.15) is 12.1 Å². The predicted molar refractivity (Wildman–Crippen MR) is 208 cm³/mol. The Labute approximate surface area is 300 Å². The minimum absolute atomic E-state index is 0.0598. The normalized spacial score (nSPS) is 25.5. The molecule has 5 aliphatic rings. The molecule has 2 aliphatic heterocycles. The van der Waals surface area contributed by atoms with Gasteiger partial charge in [-0.15, -0.1) is 0 Å². The summed E-state index contributed by atoms with van der Waals surface area (Å²) < 4.78 is 0. The Kier molecular flexibility index (Phi) is 7.93. The molecule has 248 valence electrons. The van der Waals surface area contributed by atoms with Crippen molar-refractivity contribution >= 4 is 22.7 Å². The minimum atomic E-state index is -0.210. The van der Waals surface area contributed by atoms with Gasteiger partial charge in [-0.3, -0.25) is 0 Å². The van der Waals surface area contributed by atoms with E-state index in [2.05, 4.69) is 151 Å². The fraction of sp³-hybridized carbons (Fsp3) is 0.196. The van der Waals surface area contributed by atoms with E-state index in [0.29, 0.717) is 5.56 Å². The SMILES string of the molecule is C/C=C(\C=C/C(=N)c1c(C2=C(N3c4ccccc4C4(C)C=CC=CC34)C=CCC2C)ccc(C#N)c1C#N)N1c2ccccc2C2C=CC=CC21. The zero-order valence-electron chi connectivity index (χ0n) is 29.1.